The highest BCUT2D eigenvalue weighted by molar-refractivity contribution is 5.77. The van der Waals surface area contributed by atoms with E-state index >= 15 is 0 Å². The number of amides is 1. The maximum absolute atomic E-state index is 12.1. The van der Waals surface area contributed by atoms with Crippen molar-refractivity contribution in [3.63, 3.8) is 0 Å². The fourth-order valence-electron chi connectivity index (χ4n) is 2.97. The van der Waals surface area contributed by atoms with Gasteiger partial charge in [-0.25, -0.2) is 0 Å². The minimum atomic E-state index is -0.705. The van der Waals surface area contributed by atoms with Gasteiger partial charge >= 0.3 is 0 Å². The largest absolute Gasteiger partial charge is 0.389 e. The molecule has 17 heavy (non-hydrogen) atoms. The Hall–Kier alpha value is -0.570. The Morgan fingerprint density at radius 3 is 2.41 bits per heavy atom. The van der Waals surface area contributed by atoms with E-state index in [-0.39, 0.29) is 5.91 Å². The smallest absolute Gasteiger partial charge is 0.225 e. The highest BCUT2D eigenvalue weighted by Crippen LogP contribution is 2.32. The molecule has 0 aliphatic heterocycles. The van der Waals surface area contributed by atoms with Gasteiger partial charge in [0.15, 0.2) is 0 Å². The summed E-state index contributed by atoms with van der Waals surface area (Å²) in [7, 11) is 1.88. The quantitative estimate of drug-likeness (QED) is 0.818. The molecule has 1 N–H and O–H groups in total. The number of carbonyl (C=O) groups is 1. The molecule has 3 nitrogen and oxygen atoms in total. The molecule has 2 fully saturated rings. The molecule has 0 aromatic rings. The van der Waals surface area contributed by atoms with Crippen LogP contribution >= 0.6 is 0 Å². The van der Waals surface area contributed by atoms with E-state index in [4.69, 9.17) is 0 Å². The lowest BCUT2D eigenvalue weighted by atomic mass is 9.82. The Morgan fingerprint density at radius 2 is 1.88 bits per heavy atom. The second-order valence-corrected chi connectivity index (χ2v) is 6.03. The number of aliphatic hydroxyl groups is 1. The molecule has 0 saturated heterocycles. The van der Waals surface area contributed by atoms with Crippen LogP contribution < -0.4 is 0 Å². The summed E-state index contributed by atoms with van der Waals surface area (Å²) >= 11 is 0. The lowest BCUT2D eigenvalue weighted by Gasteiger charge is -2.35. The Balaban J connectivity index is 1.78. The first-order valence-corrected chi connectivity index (χ1v) is 7.05. The Bertz CT molecular complexity index is 267. The lowest BCUT2D eigenvalue weighted by molar-refractivity contribution is -0.137. The number of nitrogens with zero attached hydrogens (tertiary/aromatic N) is 1. The molecular weight excluding hydrogens is 214 g/mol. The average molecular weight is 239 g/mol. The maximum atomic E-state index is 12.1. The molecule has 0 radical (unpaired) electrons. The van der Waals surface area contributed by atoms with Crippen LogP contribution in [0.3, 0.4) is 0 Å². The van der Waals surface area contributed by atoms with E-state index in [0.29, 0.717) is 12.3 Å². The fourth-order valence-corrected chi connectivity index (χ4v) is 2.97. The van der Waals surface area contributed by atoms with E-state index in [2.05, 4.69) is 0 Å². The van der Waals surface area contributed by atoms with E-state index in [0.717, 1.165) is 32.2 Å². The summed E-state index contributed by atoms with van der Waals surface area (Å²) in [6.07, 6.45) is 9.11. The number of hydrogen-bond donors (Lipinski definition) is 1. The van der Waals surface area contributed by atoms with Crippen molar-refractivity contribution in [2.75, 3.05) is 13.6 Å². The minimum absolute atomic E-state index is 0.126. The van der Waals surface area contributed by atoms with Gasteiger partial charge in [-0.05, 0) is 31.6 Å². The van der Waals surface area contributed by atoms with Crippen molar-refractivity contribution in [3.8, 4) is 0 Å². The third-order valence-electron chi connectivity index (χ3n) is 4.45. The third kappa shape index (κ3) is 3.44. The lowest BCUT2D eigenvalue weighted by Crippen LogP contribution is -2.41. The zero-order chi connectivity index (χ0) is 12.3. The summed E-state index contributed by atoms with van der Waals surface area (Å²) in [5.74, 6) is 0.839. The number of carbonyl (C=O) groups excluding carboxylic acids is 1. The van der Waals surface area contributed by atoms with Gasteiger partial charge in [0.2, 0.25) is 5.91 Å². The molecule has 1 amide bonds. The average Bonchev–Trinajstić information content (AvgIpc) is 2.23. The molecule has 2 rings (SSSR count). The maximum Gasteiger partial charge on any atom is 0.225 e. The molecule has 0 atom stereocenters. The van der Waals surface area contributed by atoms with E-state index < -0.39 is 5.60 Å². The highest BCUT2D eigenvalue weighted by Gasteiger charge is 2.33. The van der Waals surface area contributed by atoms with Gasteiger partial charge in [0.1, 0.15) is 0 Å². The molecule has 0 unspecified atom stereocenters. The monoisotopic (exact) mass is 239 g/mol. The van der Waals surface area contributed by atoms with Crippen molar-refractivity contribution in [1.29, 1.82) is 0 Å². The summed E-state index contributed by atoms with van der Waals surface area (Å²) in [6, 6.07) is 0. The zero-order valence-corrected chi connectivity index (χ0v) is 11.0. The van der Waals surface area contributed by atoms with Crippen molar-refractivity contribution >= 4 is 5.91 Å². The van der Waals surface area contributed by atoms with Crippen molar-refractivity contribution in [1.82, 2.24) is 4.90 Å². The van der Waals surface area contributed by atoms with Crippen LogP contribution in [0.5, 0.6) is 0 Å². The van der Waals surface area contributed by atoms with Crippen molar-refractivity contribution in [2.24, 2.45) is 5.92 Å². The van der Waals surface area contributed by atoms with Gasteiger partial charge in [-0.3, -0.25) is 4.79 Å². The van der Waals surface area contributed by atoms with Crippen LogP contribution in [0, 0.1) is 5.92 Å². The standard InChI is InChI=1S/C14H25NO2/c1-15(11-12-6-5-7-12)13(16)10-14(17)8-3-2-4-9-14/h12,17H,2-11H2,1H3. The van der Waals surface area contributed by atoms with Gasteiger partial charge in [-0.15, -0.1) is 0 Å². The van der Waals surface area contributed by atoms with E-state index in [9.17, 15) is 9.90 Å². The van der Waals surface area contributed by atoms with Crippen LogP contribution in [0.25, 0.3) is 0 Å². The minimum Gasteiger partial charge on any atom is -0.389 e. The molecule has 0 aromatic carbocycles. The van der Waals surface area contributed by atoms with Crippen LogP contribution in [0.4, 0.5) is 0 Å². The molecule has 2 saturated carbocycles. The molecule has 0 aromatic heterocycles. The second kappa shape index (κ2) is 5.38. The molecule has 2 aliphatic carbocycles. The predicted octanol–water partition coefficient (Wildman–Crippen LogP) is 2.33. The molecular formula is C14H25NO2. The molecule has 0 spiro atoms. The Morgan fingerprint density at radius 1 is 1.24 bits per heavy atom. The van der Waals surface area contributed by atoms with Crippen LogP contribution in [-0.4, -0.2) is 35.1 Å². The Kier molecular flexibility index (Phi) is 4.08. The Labute approximate surface area is 104 Å². The van der Waals surface area contributed by atoms with Gasteiger partial charge in [0.05, 0.1) is 12.0 Å². The van der Waals surface area contributed by atoms with Crippen LogP contribution in [0.2, 0.25) is 0 Å². The van der Waals surface area contributed by atoms with Gasteiger partial charge < -0.3 is 10.0 Å². The molecule has 2 aliphatic rings. The van der Waals surface area contributed by atoms with Gasteiger partial charge in [0, 0.05) is 13.6 Å². The van der Waals surface area contributed by atoms with E-state index in [1.165, 1.54) is 25.7 Å². The molecule has 3 heteroatoms. The van der Waals surface area contributed by atoms with Crippen molar-refractivity contribution in [2.45, 2.75) is 63.4 Å². The normalized spacial score (nSPS) is 24.1. The number of rotatable bonds is 4. The second-order valence-electron chi connectivity index (χ2n) is 6.03. The fraction of sp³-hybridized carbons (Fsp3) is 0.929. The third-order valence-corrected chi connectivity index (χ3v) is 4.45. The first-order chi connectivity index (χ1) is 8.09. The summed E-state index contributed by atoms with van der Waals surface area (Å²) in [5, 5.41) is 10.3. The molecule has 0 bridgehead atoms. The van der Waals surface area contributed by atoms with Crippen LogP contribution in [0.15, 0.2) is 0 Å². The summed E-state index contributed by atoms with van der Waals surface area (Å²) in [6.45, 7) is 0.884. The summed E-state index contributed by atoms with van der Waals surface area (Å²) in [5.41, 5.74) is -0.705. The summed E-state index contributed by atoms with van der Waals surface area (Å²) in [4.78, 5) is 13.9. The molecule has 0 heterocycles. The topological polar surface area (TPSA) is 40.5 Å². The van der Waals surface area contributed by atoms with Gasteiger partial charge in [-0.2, -0.15) is 0 Å². The zero-order valence-electron chi connectivity index (χ0n) is 11.0. The van der Waals surface area contributed by atoms with Crippen molar-refractivity contribution < 1.29 is 9.90 Å². The SMILES string of the molecule is CN(CC1CCC1)C(=O)CC1(O)CCCCC1. The van der Waals surface area contributed by atoms with E-state index in [1.807, 2.05) is 11.9 Å². The first-order valence-electron chi connectivity index (χ1n) is 7.05. The van der Waals surface area contributed by atoms with Crippen LogP contribution in [0.1, 0.15) is 57.8 Å². The van der Waals surface area contributed by atoms with Gasteiger partial charge in [0.25, 0.3) is 0 Å². The van der Waals surface area contributed by atoms with E-state index in [1.54, 1.807) is 0 Å². The molecule has 98 valence electrons. The van der Waals surface area contributed by atoms with Crippen molar-refractivity contribution in [3.05, 3.63) is 0 Å². The summed E-state index contributed by atoms with van der Waals surface area (Å²) < 4.78 is 0. The highest BCUT2D eigenvalue weighted by atomic mass is 16.3. The van der Waals surface area contributed by atoms with Gasteiger partial charge in [-0.1, -0.05) is 25.7 Å². The van der Waals surface area contributed by atoms with Crippen LogP contribution in [-0.2, 0) is 4.79 Å². The first kappa shape index (κ1) is 12.9. The number of hydrogen-bond acceptors (Lipinski definition) is 2. The predicted molar refractivity (Wildman–Crippen MR) is 67.6 cm³/mol.